The minimum absolute atomic E-state index is 0.122. The molecular formula is C16H15NO2. The lowest BCUT2D eigenvalue weighted by molar-refractivity contribution is -0.123. The van der Waals surface area contributed by atoms with Gasteiger partial charge < -0.3 is 10.1 Å². The molecule has 1 atom stereocenters. The summed E-state index contributed by atoms with van der Waals surface area (Å²) in [5, 5.41) is 2.93. The molecule has 1 aliphatic heterocycles. The number of nitrogens with one attached hydrogen (secondary N) is 1. The maximum absolute atomic E-state index is 12.1. The third-order valence-corrected chi connectivity index (χ3v) is 3.25. The Labute approximate surface area is 112 Å². The number of carbonyl (C=O) groups is 1. The summed E-state index contributed by atoms with van der Waals surface area (Å²) in [6.45, 7) is 3.99. The fourth-order valence-corrected chi connectivity index (χ4v) is 2.42. The molecule has 0 spiro atoms. The molecule has 1 N–H and O–H groups in total. The number of hydrogen-bond acceptors (Lipinski definition) is 2. The van der Waals surface area contributed by atoms with Crippen molar-refractivity contribution in [2.24, 2.45) is 0 Å². The van der Waals surface area contributed by atoms with Crippen molar-refractivity contribution in [3.05, 3.63) is 59.2 Å². The smallest absolute Gasteiger partial charge is 0.270 e. The van der Waals surface area contributed by atoms with E-state index in [2.05, 4.69) is 11.4 Å². The highest BCUT2D eigenvalue weighted by Gasteiger charge is 2.29. The van der Waals surface area contributed by atoms with Gasteiger partial charge in [0, 0.05) is 5.56 Å². The zero-order chi connectivity index (χ0) is 13.4. The summed E-state index contributed by atoms with van der Waals surface area (Å²) in [6.07, 6.45) is -0.574. The number of ether oxygens (including phenoxy) is 1. The molecule has 1 unspecified atom stereocenters. The van der Waals surface area contributed by atoms with Crippen molar-refractivity contribution in [1.82, 2.24) is 0 Å². The Kier molecular flexibility index (Phi) is 2.75. The van der Waals surface area contributed by atoms with Crippen LogP contribution in [0.5, 0.6) is 5.75 Å². The zero-order valence-electron chi connectivity index (χ0n) is 10.9. The minimum atomic E-state index is -0.574. The van der Waals surface area contributed by atoms with Crippen LogP contribution in [0.15, 0.2) is 42.5 Å². The Morgan fingerprint density at radius 1 is 1.11 bits per heavy atom. The highest BCUT2D eigenvalue weighted by atomic mass is 16.5. The largest absolute Gasteiger partial charge is 0.473 e. The summed E-state index contributed by atoms with van der Waals surface area (Å²) in [4.78, 5) is 12.1. The molecular weight excluding hydrogens is 238 g/mol. The Morgan fingerprint density at radius 2 is 1.84 bits per heavy atom. The summed E-state index contributed by atoms with van der Waals surface area (Å²) >= 11 is 0. The maximum atomic E-state index is 12.1. The van der Waals surface area contributed by atoms with Crippen LogP contribution in [0.2, 0.25) is 0 Å². The van der Waals surface area contributed by atoms with Gasteiger partial charge in [-0.15, -0.1) is 0 Å². The Balaban J connectivity index is 2.03. The standard InChI is InChI=1S/C16H15NO2/c1-10-8-11(2)14-13(9-10)17-16(18)15(19-14)12-6-4-3-5-7-12/h3-9,15H,1-2H3,(H,17,18). The summed E-state index contributed by atoms with van der Waals surface area (Å²) < 4.78 is 5.90. The number of amides is 1. The van der Waals surface area contributed by atoms with Gasteiger partial charge in [0.2, 0.25) is 6.10 Å². The predicted molar refractivity (Wildman–Crippen MR) is 74.4 cm³/mol. The first kappa shape index (κ1) is 11.8. The van der Waals surface area contributed by atoms with Gasteiger partial charge in [-0.25, -0.2) is 0 Å². The van der Waals surface area contributed by atoms with Gasteiger partial charge in [0.1, 0.15) is 5.75 Å². The van der Waals surface area contributed by atoms with Crippen LogP contribution in [0.1, 0.15) is 22.8 Å². The van der Waals surface area contributed by atoms with Crippen LogP contribution in [0, 0.1) is 13.8 Å². The first-order chi connectivity index (χ1) is 9.15. The van der Waals surface area contributed by atoms with Crippen LogP contribution in [-0.4, -0.2) is 5.91 Å². The van der Waals surface area contributed by atoms with Gasteiger partial charge in [0.05, 0.1) is 5.69 Å². The first-order valence-electron chi connectivity index (χ1n) is 6.29. The molecule has 1 amide bonds. The number of fused-ring (bicyclic) bond motifs is 1. The molecule has 96 valence electrons. The molecule has 0 saturated heterocycles. The van der Waals surface area contributed by atoms with Crippen LogP contribution >= 0.6 is 0 Å². The van der Waals surface area contributed by atoms with E-state index in [0.29, 0.717) is 0 Å². The Bertz CT molecular complexity index is 635. The maximum Gasteiger partial charge on any atom is 0.270 e. The van der Waals surface area contributed by atoms with Gasteiger partial charge in [0.15, 0.2) is 0 Å². The topological polar surface area (TPSA) is 38.3 Å². The van der Waals surface area contributed by atoms with Crippen molar-refractivity contribution in [2.45, 2.75) is 20.0 Å². The molecule has 0 aliphatic carbocycles. The van der Waals surface area contributed by atoms with E-state index in [1.54, 1.807) is 0 Å². The van der Waals surface area contributed by atoms with Crippen LogP contribution < -0.4 is 10.1 Å². The normalized spacial score (nSPS) is 17.4. The molecule has 0 saturated carbocycles. The highest BCUT2D eigenvalue weighted by Crippen LogP contribution is 2.38. The molecule has 0 fully saturated rings. The SMILES string of the molecule is Cc1cc(C)c2c(c1)NC(=O)C(c1ccccc1)O2. The minimum Gasteiger partial charge on any atom is -0.473 e. The average Bonchev–Trinajstić information content (AvgIpc) is 2.38. The van der Waals surface area contributed by atoms with Crippen molar-refractivity contribution < 1.29 is 9.53 Å². The van der Waals surface area contributed by atoms with Crippen molar-refractivity contribution in [3.8, 4) is 5.75 Å². The summed E-state index contributed by atoms with van der Waals surface area (Å²) in [6, 6.07) is 13.5. The van der Waals surface area contributed by atoms with E-state index in [1.165, 1.54) is 0 Å². The van der Waals surface area contributed by atoms with E-state index in [-0.39, 0.29) is 5.91 Å². The third-order valence-electron chi connectivity index (χ3n) is 3.25. The van der Waals surface area contributed by atoms with Crippen molar-refractivity contribution in [3.63, 3.8) is 0 Å². The second kappa shape index (κ2) is 4.43. The summed E-state index contributed by atoms with van der Waals surface area (Å²) in [5.74, 6) is 0.641. The number of rotatable bonds is 1. The molecule has 2 aromatic carbocycles. The van der Waals surface area contributed by atoms with E-state index in [1.807, 2.05) is 50.2 Å². The van der Waals surface area contributed by atoms with Gasteiger partial charge in [-0.1, -0.05) is 36.4 Å². The van der Waals surface area contributed by atoms with Crippen LogP contribution in [0.3, 0.4) is 0 Å². The van der Waals surface area contributed by atoms with Crippen molar-refractivity contribution >= 4 is 11.6 Å². The van der Waals surface area contributed by atoms with Gasteiger partial charge in [-0.2, -0.15) is 0 Å². The van der Waals surface area contributed by atoms with Crippen LogP contribution in [0.4, 0.5) is 5.69 Å². The summed E-state index contributed by atoms with van der Waals surface area (Å²) in [5.41, 5.74) is 3.77. The van der Waals surface area contributed by atoms with Gasteiger partial charge in [-0.3, -0.25) is 4.79 Å². The van der Waals surface area contributed by atoms with Crippen molar-refractivity contribution in [2.75, 3.05) is 5.32 Å². The number of aryl methyl sites for hydroxylation is 2. The number of carbonyl (C=O) groups excluding carboxylic acids is 1. The van der Waals surface area contributed by atoms with Gasteiger partial charge in [-0.05, 0) is 31.0 Å². The van der Waals surface area contributed by atoms with E-state index in [0.717, 1.165) is 28.1 Å². The molecule has 1 heterocycles. The fourth-order valence-electron chi connectivity index (χ4n) is 2.42. The van der Waals surface area contributed by atoms with E-state index in [9.17, 15) is 4.79 Å². The van der Waals surface area contributed by atoms with Gasteiger partial charge >= 0.3 is 0 Å². The molecule has 3 rings (SSSR count). The van der Waals surface area contributed by atoms with Crippen LogP contribution in [-0.2, 0) is 4.79 Å². The Morgan fingerprint density at radius 3 is 2.58 bits per heavy atom. The number of benzene rings is 2. The molecule has 0 aromatic heterocycles. The van der Waals surface area contributed by atoms with Crippen LogP contribution in [0.25, 0.3) is 0 Å². The van der Waals surface area contributed by atoms with E-state index in [4.69, 9.17) is 4.74 Å². The quantitative estimate of drug-likeness (QED) is 0.846. The molecule has 0 bridgehead atoms. The lowest BCUT2D eigenvalue weighted by atomic mass is 10.0. The monoisotopic (exact) mass is 253 g/mol. The van der Waals surface area contributed by atoms with Crippen molar-refractivity contribution in [1.29, 1.82) is 0 Å². The first-order valence-corrected chi connectivity index (χ1v) is 6.29. The number of anilines is 1. The Hall–Kier alpha value is -2.29. The third kappa shape index (κ3) is 2.08. The molecule has 3 heteroatoms. The second-order valence-corrected chi connectivity index (χ2v) is 4.86. The average molecular weight is 253 g/mol. The summed E-state index contributed by atoms with van der Waals surface area (Å²) in [7, 11) is 0. The molecule has 19 heavy (non-hydrogen) atoms. The van der Waals surface area contributed by atoms with E-state index >= 15 is 0 Å². The highest BCUT2D eigenvalue weighted by molar-refractivity contribution is 5.98. The fraction of sp³-hybridized carbons (Fsp3) is 0.188. The molecule has 1 aliphatic rings. The van der Waals surface area contributed by atoms with Gasteiger partial charge in [0.25, 0.3) is 5.91 Å². The number of hydrogen-bond donors (Lipinski definition) is 1. The molecule has 3 nitrogen and oxygen atoms in total. The molecule has 0 radical (unpaired) electrons. The lowest BCUT2D eigenvalue weighted by Gasteiger charge is -2.27. The predicted octanol–water partition coefficient (Wildman–Crippen LogP) is 3.38. The second-order valence-electron chi connectivity index (χ2n) is 4.86. The lowest BCUT2D eigenvalue weighted by Crippen LogP contribution is -2.30. The molecule has 2 aromatic rings. The van der Waals surface area contributed by atoms with E-state index < -0.39 is 6.10 Å². The zero-order valence-corrected chi connectivity index (χ0v) is 10.9.